The van der Waals surface area contributed by atoms with E-state index in [0.29, 0.717) is 22.6 Å². The SMILES string of the molecule is COc1cc(-c2ccc(F)cn2)cc(C#N)c1N. The van der Waals surface area contributed by atoms with Crippen LogP contribution in [0.25, 0.3) is 11.3 Å². The van der Waals surface area contributed by atoms with Crippen LogP contribution in [0, 0.1) is 17.1 Å². The van der Waals surface area contributed by atoms with Gasteiger partial charge < -0.3 is 10.5 Å². The maximum Gasteiger partial charge on any atom is 0.143 e. The Balaban J connectivity index is 2.58. The molecule has 0 radical (unpaired) electrons. The topological polar surface area (TPSA) is 71.9 Å². The molecule has 1 aromatic heterocycles. The molecular weight excluding hydrogens is 233 g/mol. The van der Waals surface area contributed by atoms with Crippen LogP contribution in [0.4, 0.5) is 10.1 Å². The van der Waals surface area contributed by atoms with Crippen LogP contribution >= 0.6 is 0 Å². The third kappa shape index (κ3) is 2.09. The highest BCUT2D eigenvalue weighted by Crippen LogP contribution is 2.31. The van der Waals surface area contributed by atoms with Crippen molar-refractivity contribution in [1.82, 2.24) is 4.98 Å². The Hall–Kier alpha value is -2.61. The van der Waals surface area contributed by atoms with Gasteiger partial charge in [0.25, 0.3) is 0 Å². The summed E-state index contributed by atoms with van der Waals surface area (Å²) in [6.07, 6.45) is 1.12. The van der Waals surface area contributed by atoms with Gasteiger partial charge in [0, 0.05) is 5.56 Å². The van der Waals surface area contributed by atoms with Crippen molar-refractivity contribution >= 4 is 5.69 Å². The summed E-state index contributed by atoms with van der Waals surface area (Å²) < 4.78 is 17.9. The number of benzene rings is 1. The second-order valence-electron chi connectivity index (χ2n) is 3.61. The summed E-state index contributed by atoms with van der Waals surface area (Å²) in [4.78, 5) is 3.95. The highest BCUT2D eigenvalue weighted by atomic mass is 19.1. The number of anilines is 1. The van der Waals surface area contributed by atoms with Crippen LogP contribution in [0.5, 0.6) is 5.75 Å². The number of nitrogen functional groups attached to an aromatic ring is 1. The predicted octanol–water partition coefficient (Wildman–Crippen LogP) is 2.35. The molecule has 2 rings (SSSR count). The molecule has 0 aliphatic heterocycles. The van der Waals surface area contributed by atoms with Gasteiger partial charge in [-0.05, 0) is 24.3 Å². The summed E-state index contributed by atoms with van der Waals surface area (Å²) in [6, 6.07) is 8.08. The minimum atomic E-state index is -0.415. The Kier molecular flexibility index (Phi) is 3.11. The normalized spacial score (nSPS) is 9.83. The predicted molar refractivity (Wildman–Crippen MR) is 65.3 cm³/mol. The summed E-state index contributed by atoms with van der Waals surface area (Å²) >= 11 is 0. The van der Waals surface area contributed by atoms with Gasteiger partial charge in [0.05, 0.1) is 30.3 Å². The summed E-state index contributed by atoms with van der Waals surface area (Å²) in [6.45, 7) is 0. The van der Waals surface area contributed by atoms with Crippen molar-refractivity contribution in [2.24, 2.45) is 0 Å². The fourth-order valence-electron chi connectivity index (χ4n) is 1.58. The first-order chi connectivity index (χ1) is 8.65. The molecule has 0 bridgehead atoms. The summed E-state index contributed by atoms with van der Waals surface area (Å²) in [5.74, 6) is -0.0168. The van der Waals surface area contributed by atoms with Gasteiger partial charge in [0.2, 0.25) is 0 Å². The fraction of sp³-hybridized carbons (Fsp3) is 0.0769. The molecule has 90 valence electrons. The number of rotatable bonds is 2. The minimum Gasteiger partial charge on any atom is -0.495 e. The van der Waals surface area contributed by atoms with Crippen LogP contribution in [0.1, 0.15) is 5.56 Å². The van der Waals surface area contributed by atoms with Gasteiger partial charge in [-0.15, -0.1) is 0 Å². The Morgan fingerprint density at radius 3 is 2.72 bits per heavy atom. The first-order valence-corrected chi connectivity index (χ1v) is 5.15. The highest BCUT2D eigenvalue weighted by molar-refractivity contribution is 5.73. The lowest BCUT2D eigenvalue weighted by atomic mass is 10.1. The van der Waals surface area contributed by atoms with Gasteiger partial charge in [-0.3, -0.25) is 4.98 Å². The van der Waals surface area contributed by atoms with Crippen molar-refractivity contribution < 1.29 is 9.13 Å². The van der Waals surface area contributed by atoms with Crippen molar-refractivity contribution in [3.8, 4) is 23.1 Å². The Labute approximate surface area is 103 Å². The average Bonchev–Trinajstić information content (AvgIpc) is 2.40. The van der Waals surface area contributed by atoms with E-state index in [4.69, 9.17) is 15.7 Å². The lowest BCUT2D eigenvalue weighted by molar-refractivity contribution is 0.417. The van der Waals surface area contributed by atoms with E-state index in [2.05, 4.69) is 4.98 Å². The molecule has 1 aromatic carbocycles. The van der Waals surface area contributed by atoms with E-state index < -0.39 is 5.82 Å². The molecule has 5 heteroatoms. The molecule has 0 aliphatic carbocycles. The Bertz CT molecular complexity index is 617. The molecule has 2 N–H and O–H groups in total. The Morgan fingerprint density at radius 2 is 2.17 bits per heavy atom. The third-order valence-electron chi connectivity index (χ3n) is 2.51. The molecule has 0 amide bonds. The number of nitriles is 1. The van der Waals surface area contributed by atoms with Crippen LogP contribution in [0.2, 0.25) is 0 Å². The molecule has 4 nitrogen and oxygen atoms in total. The number of aromatic nitrogens is 1. The first-order valence-electron chi connectivity index (χ1n) is 5.15. The molecule has 0 fully saturated rings. The van der Waals surface area contributed by atoms with E-state index in [9.17, 15) is 4.39 Å². The minimum absolute atomic E-state index is 0.283. The van der Waals surface area contributed by atoms with Crippen molar-refractivity contribution in [3.05, 3.63) is 41.8 Å². The smallest absolute Gasteiger partial charge is 0.143 e. The monoisotopic (exact) mass is 243 g/mol. The molecule has 0 unspecified atom stereocenters. The first kappa shape index (κ1) is 11.9. The fourth-order valence-corrected chi connectivity index (χ4v) is 1.58. The second kappa shape index (κ2) is 4.72. The molecule has 0 saturated carbocycles. The van der Waals surface area contributed by atoms with Gasteiger partial charge in [0.15, 0.2) is 0 Å². The standard InChI is InChI=1S/C13H10FN3O/c1-18-12-5-8(4-9(6-15)13(12)16)11-3-2-10(14)7-17-11/h2-5,7H,16H2,1H3. The molecule has 18 heavy (non-hydrogen) atoms. The lowest BCUT2D eigenvalue weighted by Gasteiger charge is -2.09. The molecule has 2 aromatic rings. The van der Waals surface area contributed by atoms with Crippen LogP contribution in [0.3, 0.4) is 0 Å². The zero-order valence-corrected chi connectivity index (χ0v) is 9.64. The number of nitrogens with two attached hydrogens (primary N) is 1. The maximum atomic E-state index is 12.8. The summed E-state index contributed by atoms with van der Waals surface area (Å²) in [5, 5.41) is 8.99. The molecule has 0 aliphatic rings. The van der Waals surface area contributed by atoms with Crippen molar-refractivity contribution in [3.63, 3.8) is 0 Å². The van der Waals surface area contributed by atoms with Gasteiger partial charge >= 0.3 is 0 Å². The number of nitrogens with zero attached hydrogens (tertiary/aromatic N) is 2. The van der Waals surface area contributed by atoms with Crippen LogP contribution in [0.15, 0.2) is 30.5 Å². The quantitative estimate of drug-likeness (QED) is 0.822. The lowest BCUT2D eigenvalue weighted by Crippen LogP contribution is -1.97. The van der Waals surface area contributed by atoms with Crippen molar-refractivity contribution in [2.45, 2.75) is 0 Å². The molecular formula is C13H10FN3O. The van der Waals surface area contributed by atoms with Crippen LogP contribution in [-0.4, -0.2) is 12.1 Å². The number of halogens is 1. The van der Waals surface area contributed by atoms with Crippen molar-refractivity contribution in [2.75, 3.05) is 12.8 Å². The maximum absolute atomic E-state index is 12.8. The Morgan fingerprint density at radius 1 is 1.39 bits per heavy atom. The summed E-state index contributed by atoms with van der Waals surface area (Å²) in [5.41, 5.74) is 7.53. The number of ether oxygens (including phenoxy) is 1. The van der Waals surface area contributed by atoms with E-state index in [1.165, 1.54) is 19.2 Å². The zero-order valence-electron chi connectivity index (χ0n) is 9.64. The van der Waals surface area contributed by atoms with Crippen molar-refractivity contribution in [1.29, 1.82) is 5.26 Å². The molecule has 0 saturated heterocycles. The number of hydrogen-bond acceptors (Lipinski definition) is 4. The molecule has 0 atom stereocenters. The van der Waals surface area contributed by atoms with Gasteiger partial charge in [-0.1, -0.05) is 0 Å². The van der Waals surface area contributed by atoms with Crippen LogP contribution < -0.4 is 10.5 Å². The molecule has 1 heterocycles. The van der Waals surface area contributed by atoms with Gasteiger partial charge in [-0.2, -0.15) is 5.26 Å². The van der Waals surface area contributed by atoms with E-state index in [-0.39, 0.29) is 5.69 Å². The number of methoxy groups -OCH3 is 1. The highest BCUT2D eigenvalue weighted by Gasteiger charge is 2.10. The number of hydrogen-bond donors (Lipinski definition) is 1. The zero-order chi connectivity index (χ0) is 13.1. The van der Waals surface area contributed by atoms with Crippen LogP contribution in [-0.2, 0) is 0 Å². The average molecular weight is 243 g/mol. The van der Waals surface area contributed by atoms with E-state index >= 15 is 0 Å². The molecule has 0 spiro atoms. The largest absolute Gasteiger partial charge is 0.495 e. The van der Waals surface area contributed by atoms with E-state index in [1.54, 1.807) is 12.1 Å². The van der Waals surface area contributed by atoms with Gasteiger partial charge in [-0.25, -0.2) is 4.39 Å². The van der Waals surface area contributed by atoms with Gasteiger partial charge in [0.1, 0.15) is 17.6 Å². The second-order valence-corrected chi connectivity index (χ2v) is 3.61. The number of pyridine rings is 1. The van der Waals surface area contributed by atoms with E-state index in [0.717, 1.165) is 6.20 Å². The third-order valence-corrected chi connectivity index (χ3v) is 2.51. The van der Waals surface area contributed by atoms with E-state index in [1.807, 2.05) is 6.07 Å². The summed E-state index contributed by atoms with van der Waals surface area (Å²) in [7, 11) is 1.47.